The summed E-state index contributed by atoms with van der Waals surface area (Å²) in [6.07, 6.45) is 9.55. The number of nitrogens with one attached hydrogen (secondary N) is 2. The second kappa shape index (κ2) is 53.0. The summed E-state index contributed by atoms with van der Waals surface area (Å²) < 4.78 is 0. The molecule has 2 aliphatic carbocycles. The van der Waals surface area contributed by atoms with E-state index in [0.29, 0.717) is 30.6 Å². The third kappa shape index (κ3) is 30.8. The van der Waals surface area contributed by atoms with E-state index in [1.54, 1.807) is 47.7 Å². The van der Waals surface area contributed by atoms with Gasteiger partial charge in [0.2, 0.25) is 12.3 Å². The van der Waals surface area contributed by atoms with E-state index < -0.39 is 28.4 Å². The molecule has 0 radical (unpaired) electrons. The van der Waals surface area contributed by atoms with Gasteiger partial charge in [0.1, 0.15) is 6.04 Å². The summed E-state index contributed by atoms with van der Waals surface area (Å²) in [6, 6.07) is 76.5. The normalized spacial score (nSPS) is 14.2. The van der Waals surface area contributed by atoms with Gasteiger partial charge in [0.05, 0.1) is 36.5 Å². The molecule has 2 amide bonds. The number of carbonyl (C=O) groups is 3. The van der Waals surface area contributed by atoms with Crippen LogP contribution < -0.4 is 40.0 Å². The molecule has 104 heavy (non-hydrogen) atoms. The van der Waals surface area contributed by atoms with Crippen molar-refractivity contribution in [3.05, 3.63) is 307 Å². The van der Waals surface area contributed by atoms with Gasteiger partial charge in [-0.3, -0.25) is 37.1 Å². The van der Waals surface area contributed by atoms with Gasteiger partial charge in [0, 0.05) is 68.9 Å². The van der Waals surface area contributed by atoms with Gasteiger partial charge in [-0.05, 0) is 111 Å². The molecule has 1 heterocycles. The van der Waals surface area contributed by atoms with E-state index >= 15 is 0 Å². The summed E-state index contributed by atoms with van der Waals surface area (Å²) in [5.41, 5.74) is 15.5. The van der Waals surface area contributed by atoms with Crippen LogP contribution in [0.25, 0.3) is 0 Å². The summed E-state index contributed by atoms with van der Waals surface area (Å²) >= 11 is 1.69. The zero-order valence-corrected chi connectivity index (χ0v) is 62.0. The molecule has 9 aromatic rings. The molecule has 14 N–H and O–H groups in total. The molecule has 2 fully saturated rings. The summed E-state index contributed by atoms with van der Waals surface area (Å²) in [5, 5.41) is 38.9. The van der Waals surface area contributed by atoms with E-state index in [4.69, 9.17) is 22.3 Å². The number of aliphatic hydroxyl groups excluding tert-OH is 1. The number of amides is 2. The maximum atomic E-state index is 11.9. The Kier molecular flexibility index (Phi) is 46.5. The molecule has 2 aliphatic rings. The number of rotatable bonds is 22. The smallest absolute Gasteiger partial charge is 0.361 e. The molecule has 1 aromatic heterocycles. The topological polar surface area (TPSA) is 356 Å². The molecule has 2 saturated carbocycles. The maximum absolute atomic E-state index is 11.9. The Morgan fingerprint density at radius 2 is 1.20 bits per heavy atom. The first-order valence-corrected chi connectivity index (χ1v) is 35.0. The van der Waals surface area contributed by atoms with Gasteiger partial charge in [-0.2, -0.15) is 5.90 Å². The van der Waals surface area contributed by atoms with Crippen molar-refractivity contribution in [3.63, 3.8) is 0 Å². The second-order valence-corrected chi connectivity index (χ2v) is 25.0. The van der Waals surface area contributed by atoms with Crippen LogP contribution in [-0.2, 0) is 72.5 Å². The molecule has 21 nitrogen and oxygen atoms in total. The van der Waals surface area contributed by atoms with Crippen molar-refractivity contribution in [2.75, 3.05) is 26.6 Å². The first kappa shape index (κ1) is 91.2. The monoisotopic (exact) mass is 1480 g/mol. The number of hydrogen-bond acceptors (Lipinski definition) is 20. The number of hydrogen-bond donors (Lipinski definition) is 9. The number of nitro benzene ring substituents is 1. The van der Waals surface area contributed by atoms with E-state index in [1.807, 2.05) is 51.2 Å². The van der Waals surface area contributed by atoms with E-state index in [-0.39, 0.29) is 59.3 Å². The van der Waals surface area contributed by atoms with Gasteiger partial charge < -0.3 is 40.1 Å². The van der Waals surface area contributed by atoms with Crippen LogP contribution in [0.4, 0.5) is 5.69 Å². The number of aliphatic hydroxyl groups is 2. The van der Waals surface area contributed by atoms with E-state index in [0.717, 1.165) is 61.2 Å². The van der Waals surface area contributed by atoms with Gasteiger partial charge in [-0.15, -0.1) is 11.3 Å². The first-order chi connectivity index (χ1) is 49.9. The third-order valence-corrected chi connectivity index (χ3v) is 17.6. The number of nitrogens with two attached hydrogens (primary N) is 5. The SMILES string of the molecule is CCCc1ccc(C)cc1.CCON.Cc1cccc([N+](=O)[O-])c1.Cc1csc(C)n1.NOC(=O)C(O)(c1ccccc1)C1CCCCC1.NOCC(N)C(=O)NC=O.NOCCCC(c1ccccc1)c1ccccc1.OCNC1C(c2ccccc2)C1(c1ccccc1)c1ccccc1.[CH-]=O.[Ni]. The van der Waals surface area contributed by atoms with E-state index in [2.05, 4.69) is 237 Å². The number of non-ortho nitro benzene ring substituents is 1. The number of nitro groups is 1. The zero-order chi connectivity index (χ0) is 75.7. The minimum Gasteiger partial charge on any atom is -0.545 e. The van der Waals surface area contributed by atoms with Gasteiger partial charge >= 0.3 is 5.97 Å². The molecule has 8 aromatic carbocycles. The van der Waals surface area contributed by atoms with E-state index in [1.165, 1.54) is 57.9 Å². The fourth-order valence-electron chi connectivity index (χ4n) is 11.9. The number of aromatic nitrogens is 1. The van der Waals surface area contributed by atoms with Gasteiger partial charge in [-0.1, -0.05) is 257 Å². The largest absolute Gasteiger partial charge is 0.545 e. The van der Waals surface area contributed by atoms with Crippen molar-refractivity contribution < 1.29 is 70.2 Å². The van der Waals surface area contributed by atoms with Crippen LogP contribution in [0.3, 0.4) is 0 Å². The van der Waals surface area contributed by atoms with Crippen molar-refractivity contribution >= 4 is 42.1 Å². The number of nitrogens with zero attached hydrogens (tertiary/aromatic N) is 2. The summed E-state index contributed by atoms with van der Waals surface area (Å²) in [5.74, 6) is 18.5. The third-order valence-electron chi connectivity index (χ3n) is 16.8. The maximum Gasteiger partial charge on any atom is 0.361 e. The molecule has 11 rings (SSSR count). The summed E-state index contributed by atoms with van der Waals surface area (Å²) in [7, 11) is 0. The molecule has 4 atom stereocenters. The molecule has 0 bridgehead atoms. The predicted molar refractivity (Wildman–Crippen MR) is 408 cm³/mol. The van der Waals surface area contributed by atoms with Crippen LogP contribution in [0.1, 0.15) is 138 Å². The quantitative estimate of drug-likeness (QED) is 0.00579. The van der Waals surface area contributed by atoms with Crippen LogP contribution >= 0.6 is 11.3 Å². The van der Waals surface area contributed by atoms with Crippen LogP contribution in [-0.4, -0.2) is 83.8 Å². The van der Waals surface area contributed by atoms with Crippen molar-refractivity contribution in [3.8, 4) is 0 Å². The predicted octanol–water partition coefficient (Wildman–Crippen LogP) is 12.7. The fourth-order valence-corrected chi connectivity index (χ4v) is 12.5. The summed E-state index contributed by atoms with van der Waals surface area (Å²) in [4.78, 5) is 70.9. The number of benzene rings is 8. The fraction of sp³-hybridized carbons (Fsp3) is 0.321. The van der Waals surface area contributed by atoms with Crippen molar-refractivity contribution in [1.29, 1.82) is 0 Å². The minimum absolute atomic E-state index is 0. The Balaban J connectivity index is 0.000000420. The molecule has 4 unspecified atom stereocenters. The van der Waals surface area contributed by atoms with Crippen LogP contribution in [0.5, 0.6) is 0 Å². The standard InChI is InChI=1S/C22H21NO.C16H19NO.C14H19NO3.C10H14.C7H7NO2.C5H7NS.C4H9N3O3.C2H7NO.CHO.Ni/c24-16-23-21-20(17-10-4-1-5-11-17)22(21,18-12-6-2-7-13-18)19-14-8-3-9-15-19;17-18-13-7-12-16(14-8-3-1-4-9-14)15-10-5-2-6-11-15;15-18-13(16)14(17,11-7-3-1-4-8-11)12-9-5-2-6-10-12;1-3-4-10-7-5-9(2)6-8-10;1-6-3-2-4-7(5-6)8(9)10;1-4-3-7-5(2)6-4;5-3(1-10-6)4(9)7-2-8;1-2-4-3;1-2;/h1-15,20-21,23-24H,16H2;1-6,8-11,16H,7,12-13,17H2;1,3-4,7-8,12,17H,2,5-6,9-10,15H2;5-8H,3-4H2,1-2H3;2-5H,1H3;3H,1-2H3;2-3H,1,5-6H2,(H,7,8,9);2-3H2,1H3;1H;/q;;;;;;;;-1;. The van der Waals surface area contributed by atoms with Crippen molar-refractivity contribution in [2.45, 2.75) is 134 Å². The van der Waals surface area contributed by atoms with Gasteiger partial charge in [-0.25, -0.2) is 27.5 Å². The number of thiazole rings is 1. The minimum atomic E-state index is -1.61. The van der Waals surface area contributed by atoms with Gasteiger partial charge in [0.15, 0.2) is 5.60 Å². The first-order valence-electron chi connectivity index (χ1n) is 34.1. The van der Waals surface area contributed by atoms with Gasteiger partial charge in [0.25, 0.3) is 5.69 Å². The Bertz CT molecular complexity index is 3610. The van der Waals surface area contributed by atoms with Crippen LogP contribution in [0.15, 0.2) is 236 Å². The summed E-state index contributed by atoms with van der Waals surface area (Å²) in [6.45, 7) is 16.3. The molecular weight excluding hydrogens is 1380 g/mol. The van der Waals surface area contributed by atoms with Crippen molar-refractivity contribution in [1.82, 2.24) is 15.6 Å². The molecule has 23 heteroatoms. The molecule has 0 spiro atoms. The Hall–Kier alpha value is -8.88. The average molecular weight is 1490 g/mol. The molecular formula is C81H104N9NiO12S-. The van der Waals surface area contributed by atoms with E-state index in [9.17, 15) is 34.7 Å². The molecule has 0 saturated heterocycles. The Morgan fingerprint density at radius 1 is 0.702 bits per heavy atom. The van der Waals surface area contributed by atoms with Crippen LogP contribution in [0.2, 0.25) is 0 Å². The Morgan fingerprint density at radius 3 is 1.60 bits per heavy atom. The van der Waals surface area contributed by atoms with Crippen molar-refractivity contribution in [2.24, 2.45) is 35.2 Å². The molecule has 0 aliphatic heterocycles. The Labute approximate surface area is 627 Å². The molecule has 562 valence electrons. The number of aryl methyl sites for hydroxylation is 5. The number of carbonyl (C=O) groups excluding carboxylic acids is 4. The second-order valence-electron chi connectivity index (χ2n) is 24.0. The van der Waals surface area contributed by atoms with Crippen LogP contribution in [0, 0.1) is 43.7 Å². The number of imide groups is 1. The average Bonchev–Trinajstić information content (AvgIpc) is 1.52. The zero-order valence-electron chi connectivity index (χ0n) is 60.2.